The van der Waals surface area contributed by atoms with Gasteiger partial charge in [-0.05, 0) is 32.3 Å². The minimum absolute atomic E-state index is 0.0699. The molecule has 0 saturated heterocycles. The second kappa shape index (κ2) is 5.14. The van der Waals surface area contributed by atoms with Crippen molar-refractivity contribution < 1.29 is 8.91 Å². The number of hydrogen-bond acceptors (Lipinski definition) is 5. The number of anilines is 1. The fraction of sp³-hybridized carbons (Fsp3) is 0.333. The molecule has 0 aliphatic heterocycles. The summed E-state index contributed by atoms with van der Waals surface area (Å²) in [7, 11) is 3.95. The van der Waals surface area contributed by atoms with Crippen molar-refractivity contribution in [1.29, 1.82) is 0 Å². The third-order valence-corrected chi connectivity index (χ3v) is 2.49. The average Bonchev–Trinajstić information content (AvgIpc) is 2.79. The van der Waals surface area contributed by atoms with Crippen molar-refractivity contribution in [2.45, 2.75) is 6.42 Å². The minimum Gasteiger partial charge on any atom is -0.396 e. The van der Waals surface area contributed by atoms with Gasteiger partial charge in [0.05, 0.1) is 5.69 Å². The zero-order valence-electron chi connectivity index (χ0n) is 10.4. The molecule has 0 spiro atoms. The SMILES string of the molecule is CN(C)CCc1noc(-c2ccc(F)c(N)c2)n1. The van der Waals surface area contributed by atoms with Crippen molar-refractivity contribution in [3.63, 3.8) is 0 Å². The molecular weight excluding hydrogens is 235 g/mol. The first-order chi connectivity index (χ1) is 8.56. The van der Waals surface area contributed by atoms with E-state index in [9.17, 15) is 4.39 Å². The molecule has 0 fully saturated rings. The fourth-order valence-corrected chi connectivity index (χ4v) is 1.47. The normalized spacial score (nSPS) is 11.1. The number of nitrogens with two attached hydrogens (primary N) is 1. The number of halogens is 1. The van der Waals surface area contributed by atoms with Gasteiger partial charge >= 0.3 is 0 Å². The summed E-state index contributed by atoms with van der Waals surface area (Å²) in [5.41, 5.74) is 6.18. The van der Waals surface area contributed by atoms with E-state index in [2.05, 4.69) is 10.1 Å². The van der Waals surface area contributed by atoms with Crippen LogP contribution in [0, 0.1) is 5.82 Å². The van der Waals surface area contributed by atoms with Crippen LogP contribution in [0.5, 0.6) is 0 Å². The van der Waals surface area contributed by atoms with Crippen LogP contribution in [0.1, 0.15) is 5.82 Å². The standard InChI is InChI=1S/C12H15FN4O/c1-17(2)6-5-11-15-12(18-16-11)8-3-4-9(13)10(14)7-8/h3-4,7H,5-6,14H2,1-2H3. The van der Waals surface area contributed by atoms with E-state index < -0.39 is 5.82 Å². The molecule has 1 aromatic carbocycles. The number of aromatic nitrogens is 2. The summed E-state index contributed by atoms with van der Waals surface area (Å²) >= 11 is 0. The van der Waals surface area contributed by atoms with Crippen LogP contribution in [-0.4, -0.2) is 35.7 Å². The molecule has 0 saturated carbocycles. The molecule has 0 unspecified atom stereocenters. The second-order valence-corrected chi connectivity index (χ2v) is 4.31. The first-order valence-electron chi connectivity index (χ1n) is 5.59. The van der Waals surface area contributed by atoms with Gasteiger partial charge < -0.3 is 15.2 Å². The molecule has 2 N–H and O–H groups in total. The number of rotatable bonds is 4. The summed E-state index contributed by atoms with van der Waals surface area (Å²) in [5.74, 6) is 0.531. The molecule has 18 heavy (non-hydrogen) atoms. The molecule has 2 rings (SSSR count). The van der Waals surface area contributed by atoms with E-state index >= 15 is 0 Å². The van der Waals surface area contributed by atoms with E-state index in [0.29, 0.717) is 23.7 Å². The monoisotopic (exact) mass is 250 g/mol. The number of hydrogen-bond donors (Lipinski definition) is 1. The Kier molecular flexibility index (Phi) is 3.57. The van der Waals surface area contributed by atoms with E-state index in [1.807, 2.05) is 19.0 Å². The van der Waals surface area contributed by atoms with Crippen LogP contribution in [0.3, 0.4) is 0 Å². The predicted molar refractivity (Wildman–Crippen MR) is 66.4 cm³/mol. The second-order valence-electron chi connectivity index (χ2n) is 4.31. The van der Waals surface area contributed by atoms with E-state index in [1.165, 1.54) is 12.1 Å². The largest absolute Gasteiger partial charge is 0.396 e. The van der Waals surface area contributed by atoms with Gasteiger partial charge in [0.15, 0.2) is 5.82 Å². The number of likely N-dealkylation sites (N-methyl/N-ethyl adjacent to an activating group) is 1. The lowest BCUT2D eigenvalue weighted by Crippen LogP contribution is -2.15. The van der Waals surface area contributed by atoms with E-state index in [-0.39, 0.29) is 5.69 Å². The van der Waals surface area contributed by atoms with Crippen LogP contribution in [0.2, 0.25) is 0 Å². The maximum Gasteiger partial charge on any atom is 0.257 e. The maximum atomic E-state index is 13.0. The Bertz CT molecular complexity index is 539. The molecule has 0 aliphatic carbocycles. The van der Waals surface area contributed by atoms with Gasteiger partial charge in [-0.2, -0.15) is 4.98 Å². The number of nitrogen functional groups attached to an aromatic ring is 1. The highest BCUT2D eigenvalue weighted by Gasteiger charge is 2.10. The highest BCUT2D eigenvalue weighted by Crippen LogP contribution is 2.21. The summed E-state index contributed by atoms with van der Waals surface area (Å²) in [6.07, 6.45) is 0.702. The van der Waals surface area contributed by atoms with E-state index in [4.69, 9.17) is 10.3 Å². The van der Waals surface area contributed by atoms with Crippen LogP contribution < -0.4 is 5.73 Å². The molecule has 96 valence electrons. The maximum absolute atomic E-state index is 13.0. The van der Waals surface area contributed by atoms with Gasteiger partial charge in [0.1, 0.15) is 5.82 Å². The minimum atomic E-state index is -0.453. The van der Waals surface area contributed by atoms with E-state index in [1.54, 1.807) is 6.07 Å². The third kappa shape index (κ3) is 2.84. The lowest BCUT2D eigenvalue weighted by molar-refractivity contribution is 0.392. The van der Waals surface area contributed by atoms with Crippen molar-refractivity contribution in [3.8, 4) is 11.5 Å². The molecule has 0 amide bonds. The molecule has 1 heterocycles. The molecule has 0 bridgehead atoms. The predicted octanol–water partition coefficient (Wildman–Crippen LogP) is 1.56. The Morgan fingerprint density at radius 2 is 2.17 bits per heavy atom. The van der Waals surface area contributed by atoms with Gasteiger partial charge in [0.25, 0.3) is 5.89 Å². The molecule has 5 nitrogen and oxygen atoms in total. The van der Waals surface area contributed by atoms with Crippen molar-refractivity contribution in [2.75, 3.05) is 26.4 Å². The summed E-state index contributed by atoms with van der Waals surface area (Å²) in [4.78, 5) is 6.27. The molecule has 0 radical (unpaired) electrons. The highest BCUT2D eigenvalue weighted by molar-refractivity contribution is 5.59. The van der Waals surface area contributed by atoms with Gasteiger partial charge in [0.2, 0.25) is 0 Å². The topological polar surface area (TPSA) is 68.2 Å². The molecule has 6 heteroatoms. The van der Waals surface area contributed by atoms with Gasteiger partial charge in [-0.1, -0.05) is 5.16 Å². The van der Waals surface area contributed by atoms with Crippen molar-refractivity contribution >= 4 is 5.69 Å². The summed E-state index contributed by atoms with van der Waals surface area (Å²) in [5, 5.41) is 3.87. The zero-order chi connectivity index (χ0) is 13.1. The number of benzene rings is 1. The molecule has 2 aromatic rings. The lowest BCUT2D eigenvalue weighted by atomic mass is 10.2. The fourth-order valence-electron chi connectivity index (χ4n) is 1.47. The van der Waals surface area contributed by atoms with Gasteiger partial charge in [-0.15, -0.1) is 0 Å². The Labute approximate surface area is 104 Å². The first-order valence-corrected chi connectivity index (χ1v) is 5.59. The van der Waals surface area contributed by atoms with E-state index in [0.717, 1.165) is 6.54 Å². The van der Waals surface area contributed by atoms with Crippen LogP contribution in [-0.2, 0) is 6.42 Å². The summed E-state index contributed by atoms with van der Waals surface area (Å²) in [6.45, 7) is 0.838. The van der Waals surface area contributed by atoms with Crippen LogP contribution in [0.25, 0.3) is 11.5 Å². The smallest absolute Gasteiger partial charge is 0.257 e. The van der Waals surface area contributed by atoms with Gasteiger partial charge in [-0.25, -0.2) is 4.39 Å². The first kappa shape index (κ1) is 12.5. The molecular formula is C12H15FN4O. The quantitative estimate of drug-likeness (QED) is 0.834. The Hall–Kier alpha value is -1.95. The summed E-state index contributed by atoms with van der Waals surface area (Å²) < 4.78 is 18.2. The van der Waals surface area contributed by atoms with Crippen LogP contribution in [0.15, 0.2) is 22.7 Å². The average molecular weight is 250 g/mol. The van der Waals surface area contributed by atoms with Crippen LogP contribution >= 0.6 is 0 Å². The van der Waals surface area contributed by atoms with Gasteiger partial charge in [0, 0.05) is 18.5 Å². The van der Waals surface area contributed by atoms with Gasteiger partial charge in [-0.3, -0.25) is 0 Å². The Morgan fingerprint density at radius 1 is 1.39 bits per heavy atom. The van der Waals surface area contributed by atoms with Crippen LogP contribution in [0.4, 0.5) is 10.1 Å². The third-order valence-electron chi connectivity index (χ3n) is 2.49. The van der Waals surface area contributed by atoms with Crippen molar-refractivity contribution in [3.05, 3.63) is 29.8 Å². The lowest BCUT2D eigenvalue weighted by Gasteiger charge is -2.05. The Morgan fingerprint density at radius 3 is 2.83 bits per heavy atom. The van der Waals surface area contributed by atoms with Crippen molar-refractivity contribution in [1.82, 2.24) is 15.0 Å². The molecule has 0 atom stereocenters. The number of nitrogens with zero attached hydrogens (tertiary/aromatic N) is 3. The summed E-state index contributed by atoms with van der Waals surface area (Å²) in [6, 6.07) is 4.34. The Balaban J connectivity index is 2.16. The molecule has 0 aliphatic rings. The molecule has 1 aromatic heterocycles. The van der Waals surface area contributed by atoms with Crippen molar-refractivity contribution in [2.24, 2.45) is 0 Å². The highest BCUT2D eigenvalue weighted by atomic mass is 19.1. The zero-order valence-corrected chi connectivity index (χ0v) is 10.4.